The molecule has 1 amide bonds. The standard InChI is InChI=1S/C13H20N4O/c1-15-13(18)12-9-11(5-7-16-12)17(8-2-6-14)10-3-4-10/h5,7,9-10H,2-4,6,8,14H2,1H3,(H,15,18). The predicted octanol–water partition coefficient (Wildman–Crippen LogP) is 0.759. The molecule has 1 aromatic heterocycles. The highest BCUT2D eigenvalue weighted by atomic mass is 16.1. The first-order chi connectivity index (χ1) is 8.76. The molecule has 0 radical (unpaired) electrons. The maximum atomic E-state index is 11.6. The van der Waals surface area contributed by atoms with Gasteiger partial charge in [-0.15, -0.1) is 0 Å². The summed E-state index contributed by atoms with van der Waals surface area (Å²) in [4.78, 5) is 18.0. The molecule has 0 spiro atoms. The number of aromatic nitrogens is 1. The Balaban J connectivity index is 2.16. The van der Waals surface area contributed by atoms with Gasteiger partial charge in [0, 0.05) is 31.5 Å². The SMILES string of the molecule is CNC(=O)c1cc(N(CCCN)C2CC2)ccn1. The van der Waals surface area contributed by atoms with Crippen molar-refractivity contribution in [2.75, 3.05) is 25.0 Å². The van der Waals surface area contributed by atoms with E-state index in [4.69, 9.17) is 5.73 Å². The lowest BCUT2D eigenvalue weighted by molar-refractivity contribution is 0.0958. The van der Waals surface area contributed by atoms with Gasteiger partial charge in [0.05, 0.1) is 0 Å². The van der Waals surface area contributed by atoms with Gasteiger partial charge in [-0.1, -0.05) is 0 Å². The minimum absolute atomic E-state index is 0.147. The lowest BCUT2D eigenvalue weighted by Gasteiger charge is -2.24. The Morgan fingerprint density at radius 1 is 1.61 bits per heavy atom. The highest BCUT2D eigenvalue weighted by Gasteiger charge is 2.29. The molecule has 3 N–H and O–H groups in total. The van der Waals surface area contributed by atoms with Crippen LogP contribution in [0.25, 0.3) is 0 Å². The molecule has 0 atom stereocenters. The van der Waals surface area contributed by atoms with Gasteiger partial charge in [0.2, 0.25) is 0 Å². The molecule has 98 valence electrons. The second-order valence-electron chi connectivity index (χ2n) is 4.55. The minimum Gasteiger partial charge on any atom is -0.368 e. The Kier molecular flexibility index (Phi) is 4.15. The molecule has 0 unspecified atom stereocenters. The molecule has 0 aromatic carbocycles. The average molecular weight is 248 g/mol. The summed E-state index contributed by atoms with van der Waals surface area (Å²) in [5.74, 6) is -0.147. The number of nitrogens with zero attached hydrogens (tertiary/aromatic N) is 2. The van der Waals surface area contributed by atoms with E-state index in [1.54, 1.807) is 13.2 Å². The van der Waals surface area contributed by atoms with Crippen LogP contribution in [-0.4, -0.2) is 37.1 Å². The van der Waals surface area contributed by atoms with Crippen molar-refractivity contribution < 1.29 is 4.79 Å². The number of nitrogens with two attached hydrogens (primary N) is 1. The van der Waals surface area contributed by atoms with Crippen LogP contribution in [0.15, 0.2) is 18.3 Å². The zero-order valence-corrected chi connectivity index (χ0v) is 10.7. The van der Waals surface area contributed by atoms with E-state index in [9.17, 15) is 4.79 Å². The van der Waals surface area contributed by atoms with Gasteiger partial charge in [-0.3, -0.25) is 9.78 Å². The third-order valence-corrected chi connectivity index (χ3v) is 3.13. The second kappa shape index (κ2) is 5.82. The van der Waals surface area contributed by atoms with Crippen LogP contribution >= 0.6 is 0 Å². The van der Waals surface area contributed by atoms with Crippen LogP contribution in [0.2, 0.25) is 0 Å². The van der Waals surface area contributed by atoms with E-state index in [2.05, 4.69) is 15.2 Å². The monoisotopic (exact) mass is 248 g/mol. The van der Waals surface area contributed by atoms with Crippen molar-refractivity contribution >= 4 is 11.6 Å². The van der Waals surface area contributed by atoms with Crippen molar-refractivity contribution in [1.82, 2.24) is 10.3 Å². The summed E-state index contributed by atoms with van der Waals surface area (Å²) in [7, 11) is 1.61. The van der Waals surface area contributed by atoms with E-state index in [-0.39, 0.29) is 5.91 Å². The molecule has 1 fully saturated rings. The number of amides is 1. The number of anilines is 1. The Labute approximate surface area is 107 Å². The third-order valence-electron chi connectivity index (χ3n) is 3.13. The van der Waals surface area contributed by atoms with E-state index in [1.165, 1.54) is 12.8 Å². The average Bonchev–Trinajstić information content (AvgIpc) is 3.23. The Morgan fingerprint density at radius 2 is 2.39 bits per heavy atom. The van der Waals surface area contributed by atoms with Gasteiger partial charge >= 0.3 is 0 Å². The molecular formula is C13H20N4O. The third kappa shape index (κ3) is 2.98. The summed E-state index contributed by atoms with van der Waals surface area (Å²) < 4.78 is 0. The van der Waals surface area contributed by atoms with Crippen LogP contribution in [0.1, 0.15) is 29.8 Å². The predicted molar refractivity (Wildman–Crippen MR) is 71.7 cm³/mol. The van der Waals surface area contributed by atoms with Crippen molar-refractivity contribution in [2.45, 2.75) is 25.3 Å². The molecule has 0 saturated heterocycles. The van der Waals surface area contributed by atoms with E-state index in [0.29, 0.717) is 18.3 Å². The summed E-state index contributed by atoms with van der Waals surface area (Å²) in [5, 5.41) is 2.60. The maximum absolute atomic E-state index is 11.6. The van der Waals surface area contributed by atoms with Crippen LogP contribution in [-0.2, 0) is 0 Å². The van der Waals surface area contributed by atoms with E-state index in [1.807, 2.05) is 12.1 Å². The number of hydrogen-bond acceptors (Lipinski definition) is 4. The summed E-state index contributed by atoms with van der Waals surface area (Å²) in [5.41, 5.74) is 7.11. The highest BCUT2D eigenvalue weighted by Crippen LogP contribution is 2.31. The molecule has 0 aliphatic heterocycles. The minimum atomic E-state index is -0.147. The molecule has 1 aliphatic carbocycles. The molecular weight excluding hydrogens is 228 g/mol. The Hall–Kier alpha value is -1.62. The van der Waals surface area contributed by atoms with Gasteiger partial charge in [0.1, 0.15) is 5.69 Å². The van der Waals surface area contributed by atoms with Crippen LogP contribution in [0.4, 0.5) is 5.69 Å². The second-order valence-corrected chi connectivity index (χ2v) is 4.55. The Bertz CT molecular complexity index is 417. The van der Waals surface area contributed by atoms with E-state index < -0.39 is 0 Å². The molecule has 5 nitrogen and oxygen atoms in total. The van der Waals surface area contributed by atoms with Crippen molar-refractivity contribution in [1.29, 1.82) is 0 Å². The lowest BCUT2D eigenvalue weighted by atomic mass is 10.2. The van der Waals surface area contributed by atoms with Crippen molar-refractivity contribution in [3.8, 4) is 0 Å². The first-order valence-corrected chi connectivity index (χ1v) is 6.41. The summed E-state index contributed by atoms with van der Waals surface area (Å²) in [6, 6.07) is 4.42. The van der Waals surface area contributed by atoms with Crippen molar-refractivity contribution in [3.05, 3.63) is 24.0 Å². The zero-order valence-electron chi connectivity index (χ0n) is 10.7. The molecule has 0 bridgehead atoms. The number of carbonyl (C=O) groups excluding carboxylic acids is 1. The van der Waals surface area contributed by atoms with Gasteiger partial charge in [0.25, 0.3) is 5.91 Å². The number of rotatable bonds is 6. The van der Waals surface area contributed by atoms with Crippen LogP contribution < -0.4 is 16.0 Å². The molecule has 18 heavy (non-hydrogen) atoms. The Morgan fingerprint density at radius 3 is 3.00 bits per heavy atom. The number of hydrogen-bond donors (Lipinski definition) is 2. The van der Waals surface area contributed by atoms with Gasteiger partial charge in [-0.05, 0) is 37.9 Å². The summed E-state index contributed by atoms with van der Waals surface area (Å²) in [6.07, 6.45) is 5.11. The lowest BCUT2D eigenvalue weighted by Crippen LogP contribution is -2.29. The summed E-state index contributed by atoms with van der Waals surface area (Å²) in [6.45, 7) is 1.63. The van der Waals surface area contributed by atoms with Gasteiger partial charge in [-0.25, -0.2) is 0 Å². The first-order valence-electron chi connectivity index (χ1n) is 6.41. The van der Waals surface area contributed by atoms with Gasteiger partial charge in [0.15, 0.2) is 0 Å². The molecule has 1 saturated carbocycles. The largest absolute Gasteiger partial charge is 0.368 e. The molecule has 1 heterocycles. The topological polar surface area (TPSA) is 71.2 Å². The normalized spacial score (nSPS) is 14.3. The number of carbonyl (C=O) groups is 1. The van der Waals surface area contributed by atoms with Crippen molar-refractivity contribution in [3.63, 3.8) is 0 Å². The molecule has 1 aromatic rings. The van der Waals surface area contributed by atoms with Crippen molar-refractivity contribution in [2.24, 2.45) is 5.73 Å². The number of nitrogens with one attached hydrogen (secondary N) is 1. The molecule has 1 aliphatic rings. The van der Waals surface area contributed by atoms with E-state index >= 15 is 0 Å². The molecule has 5 heteroatoms. The van der Waals surface area contributed by atoms with Gasteiger partial charge < -0.3 is 16.0 Å². The van der Waals surface area contributed by atoms with Crippen LogP contribution in [0, 0.1) is 0 Å². The molecule has 2 rings (SSSR count). The number of pyridine rings is 1. The zero-order chi connectivity index (χ0) is 13.0. The smallest absolute Gasteiger partial charge is 0.269 e. The first kappa shape index (κ1) is 12.8. The van der Waals surface area contributed by atoms with E-state index in [0.717, 1.165) is 18.7 Å². The fourth-order valence-electron chi connectivity index (χ4n) is 2.02. The van der Waals surface area contributed by atoms with Crippen LogP contribution in [0.3, 0.4) is 0 Å². The fourth-order valence-corrected chi connectivity index (χ4v) is 2.02. The fraction of sp³-hybridized carbons (Fsp3) is 0.538. The van der Waals surface area contributed by atoms with Crippen LogP contribution in [0.5, 0.6) is 0 Å². The summed E-state index contributed by atoms with van der Waals surface area (Å²) >= 11 is 0. The highest BCUT2D eigenvalue weighted by molar-refractivity contribution is 5.92. The quantitative estimate of drug-likeness (QED) is 0.779. The van der Waals surface area contributed by atoms with Gasteiger partial charge in [-0.2, -0.15) is 0 Å². The maximum Gasteiger partial charge on any atom is 0.269 e.